The van der Waals surface area contributed by atoms with Crippen LogP contribution in [0.2, 0.25) is 0 Å². The highest BCUT2D eigenvalue weighted by Gasteiger charge is 2.16. The standard InChI is InChI=1S/C14H12FN3O2S2/c15-13-5-2-1-4-11(13)9-18-10-12(8-16-18)17-22(19,20)14-6-3-7-21-14/h1-8,10,17H,9H2. The third kappa shape index (κ3) is 3.18. The summed E-state index contributed by atoms with van der Waals surface area (Å²) < 4.78 is 41.9. The Labute approximate surface area is 131 Å². The lowest BCUT2D eigenvalue weighted by Gasteiger charge is -2.04. The van der Waals surface area contributed by atoms with E-state index in [9.17, 15) is 12.8 Å². The molecule has 0 aliphatic rings. The van der Waals surface area contributed by atoms with Crippen LogP contribution < -0.4 is 4.72 Å². The number of thiophene rings is 1. The molecule has 8 heteroatoms. The van der Waals surface area contributed by atoms with Crippen molar-refractivity contribution in [2.45, 2.75) is 10.8 Å². The van der Waals surface area contributed by atoms with Crippen molar-refractivity contribution in [2.75, 3.05) is 4.72 Å². The maximum Gasteiger partial charge on any atom is 0.271 e. The number of halogens is 1. The zero-order valence-corrected chi connectivity index (χ0v) is 12.9. The molecule has 2 heterocycles. The average molecular weight is 337 g/mol. The van der Waals surface area contributed by atoms with Gasteiger partial charge in [0.2, 0.25) is 0 Å². The summed E-state index contributed by atoms with van der Waals surface area (Å²) in [6, 6.07) is 9.58. The van der Waals surface area contributed by atoms with Gasteiger partial charge in [-0.25, -0.2) is 12.8 Å². The average Bonchev–Trinajstić information content (AvgIpc) is 3.13. The highest BCUT2D eigenvalue weighted by Crippen LogP contribution is 2.20. The van der Waals surface area contributed by atoms with Crippen molar-refractivity contribution in [2.24, 2.45) is 0 Å². The number of sulfonamides is 1. The van der Waals surface area contributed by atoms with Gasteiger partial charge in [0.25, 0.3) is 10.0 Å². The van der Waals surface area contributed by atoms with Gasteiger partial charge in [-0.05, 0) is 17.5 Å². The maximum atomic E-state index is 13.6. The van der Waals surface area contributed by atoms with Gasteiger partial charge in [-0.3, -0.25) is 9.40 Å². The fourth-order valence-corrected chi connectivity index (χ4v) is 3.95. The lowest BCUT2D eigenvalue weighted by Crippen LogP contribution is -2.10. The summed E-state index contributed by atoms with van der Waals surface area (Å²) in [5, 5.41) is 5.74. The van der Waals surface area contributed by atoms with E-state index in [0.29, 0.717) is 11.3 Å². The Kier molecular flexibility index (Phi) is 3.95. The fraction of sp³-hybridized carbons (Fsp3) is 0.0714. The molecule has 0 bridgehead atoms. The van der Waals surface area contributed by atoms with Gasteiger partial charge in [0.15, 0.2) is 0 Å². The second-order valence-corrected chi connectivity index (χ2v) is 7.41. The number of benzene rings is 1. The van der Waals surface area contributed by atoms with E-state index in [0.717, 1.165) is 11.3 Å². The molecule has 0 amide bonds. The van der Waals surface area contributed by atoms with E-state index in [4.69, 9.17) is 0 Å². The topological polar surface area (TPSA) is 64.0 Å². The van der Waals surface area contributed by atoms with Crippen LogP contribution in [0, 0.1) is 5.82 Å². The van der Waals surface area contributed by atoms with Crippen LogP contribution in [0.15, 0.2) is 58.4 Å². The monoisotopic (exact) mass is 337 g/mol. The van der Waals surface area contributed by atoms with E-state index in [-0.39, 0.29) is 16.6 Å². The van der Waals surface area contributed by atoms with Crippen LogP contribution >= 0.6 is 11.3 Å². The molecule has 0 fully saturated rings. The number of aromatic nitrogens is 2. The zero-order chi connectivity index (χ0) is 15.6. The van der Waals surface area contributed by atoms with Crippen LogP contribution in [0.5, 0.6) is 0 Å². The molecule has 2 aromatic heterocycles. The van der Waals surface area contributed by atoms with Crippen molar-refractivity contribution in [3.8, 4) is 0 Å². The maximum absolute atomic E-state index is 13.6. The number of hydrogen-bond acceptors (Lipinski definition) is 4. The van der Waals surface area contributed by atoms with Gasteiger partial charge in [-0.2, -0.15) is 5.10 Å². The quantitative estimate of drug-likeness (QED) is 0.778. The van der Waals surface area contributed by atoms with Crippen LogP contribution in [0.1, 0.15) is 5.56 Å². The van der Waals surface area contributed by atoms with Gasteiger partial charge in [-0.1, -0.05) is 24.3 Å². The fourth-order valence-electron chi connectivity index (χ4n) is 1.93. The van der Waals surface area contributed by atoms with E-state index in [1.165, 1.54) is 29.2 Å². The smallest absolute Gasteiger partial charge is 0.271 e. The number of anilines is 1. The van der Waals surface area contributed by atoms with Gasteiger partial charge in [-0.15, -0.1) is 11.3 Å². The van der Waals surface area contributed by atoms with Crippen molar-refractivity contribution in [1.82, 2.24) is 9.78 Å². The van der Waals surface area contributed by atoms with Gasteiger partial charge in [0.05, 0.1) is 18.4 Å². The highest BCUT2D eigenvalue weighted by molar-refractivity contribution is 7.94. The number of hydrogen-bond donors (Lipinski definition) is 1. The molecule has 114 valence electrons. The van der Waals surface area contributed by atoms with E-state index in [1.54, 1.807) is 29.6 Å². The number of nitrogens with zero attached hydrogens (tertiary/aromatic N) is 2. The Bertz CT molecular complexity index is 873. The first-order valence-electron chi connectivity index (χ1n) is 6.37. The van der Waals surface area contributed by atoms with Crippen LogP contribution in [0.4, 0.5) is 10.1 Å². The lowest BCUT2D eigenvalue weighted by atomic mass is 10.2. The van der Waals surface area contributed by atoms with Gasteiger partial charge in [0, 0.05) is 11.8 Å². The third-order valence-corrected chi connectivity index (χ3v) is 5.71. The van der Waals surface area contributed by atoms with E-state index >= 15 is 0 Å². The first-order valence-corrected chi connectivity index (χ1v) is 8.73. The van der Waals surface area contributed by atoms with Crippen LogP contribution in [0.25, 0.3) is 0 Å². The first kappa shape index (κ1) is 14.7. The van der Waals surface area contributed by atoms with Crippen LogP contribution in [-0.4, -0.2) is 18.2 Å². The van der Waals surface area contributed by atoms with Crippen molar-refractivity contribution in [3.63, 3.8) is 0 Å². The Morgan fingerprint density at radius 1 is 1.23 bits per heavy atom. The Balaban J connectivity index is 1.76. The van der Waals surface area contributed by atoms with Crippen LogP contribution in [-0.2, 0) is 16.6 Å². The molecule has 3 rings (SSSR count). The summed E-state index contributed by atoms with van der Waals surface area (Å²) in [5.41, 5.74) is 0.822. The highest BCUT2D eigenvalue weighted by atomic mass is 32.2. The second-order valence-electron chi connectivity index (χ2n) is 4.56. The SMILES string of the molecule is O=S(=O)(Nc1cnn(Cc2ccccc2F)c1)c1cccs1. The molecule has 0 radical (unpaired) electrons. The second kappa shape index (κ2) is 5.90. The minimum Gasteiger partial charge on any atom is -0.276 e. The van der Waals surface area contributed by atoms with E-state index in [1.807, 2.05) is 0 Å². The molecule has 0 aliphatic heterocycles. The molecule has 0 saturated carbocycles. The predicted octanol–water partition coefficient (Wildman–Crippen LogP) is 2.93. The largest absolute Gasteiger partial charge is 0.276 e. The summed E-state index contributed by atoms with van der Waals surface area (Å²) >= 11 is 1.13. The van der Waals surface area contributed by atoms with Crippen molar-refractivity contribution in [1.29, 1.82) is 0 Å². The Morgan fingerprint density at radius 2 is 2.05 bits per heavy atom. The zero-order valence-electron chi connectivity index (χ0n) is 11.3. The number of rotatable bonds is 5. The molecule has 0 spiro atoms. The van der Waals surface area contributed by atoms with Crippen molar-refractivity contribution < 1.29 is 12.8 Å². The molecule has 0 atom stereocenters. The predicted molar refractivity (Wildman–Crippen MR) is 82.9 cm³/mol. The molecule has 1 N–H and O–H groups in total. The molecule has 0 unspecified atom stereocenters. The molecular weight excluding hydrogens is 325 g/mol. The van der Waals surface area contributed by atoms with Crippen molar-refractivity contribution in [3.05, 3.63) is 65.6 Å². The normalized spacial score (nSPS) is 11.5. The molecule has 5 nitrogen and oxygen atoms in total. The van der Waals surface area contributed by atoms with Crippen LogP contribution in [0.3, 0.4) is 0 Å². The van der Waals surface area contributed by atoms with Gasteiger partial charge in [0.1, 0.15) is 10.0 Å². The van der Waals surface area contributed by atoms with Gasteiger partial charge < -0.3 is 0 Å². The Morgan fingerprint density at radius 3 is 2.77 bits per heavy atom. The summed E-state index contributed by atoms with van der Waals surface area (Å²) in [6.07, 6.45) is 2.92. The first-order chi connectivity index (χ1) is 10.5. The third-order valence-electron chi connectivity index (χ3n) is 2.94. The summed E-state index contributed by atoms with van der Waals surface area (Å²) in [5.74, 6) is -0.321. The molecule has 0 aliphatic carbocycles. The summed E-state index contributed by atoms with van der Waals surface area (Å²) in [4.78, 5) is 0. The number of nitrogens with one attached hydrogen (secondary N) is 1. The molecule has 3 aromatic rings. The summed E-state index contributed by atoms with van der Waals surface area (Å²) in [6.45, 7) is 0.230. The van der Waals surface area contributed by atoms with Crippen molar-refractivity contribution >= 4 is 27.0 Å². The lowest BCUT2D eigenvalue weighted by molar-refractivity contribution is 0.585. The van der Waals surface area contributed by atoms with E-state index < -0.39 is 10.0 Å². The Hall–Kier alpha value is -2.19. The van der Waals surface area contributed by atoms with Gasteiger partial charge >= 0.3 is 0 Å². The molecule has 22 heavy (non-hydrogen) atoms. The molecule has 1 aromatic carbocycles. The van der Waals surface area contributed by atoms with E-state index in [2.05, 4.69) is 9.82 Å². The summed E-state index contributed by atoms with van der Waals surface area (Å²) in [7, 11) is -3.60. The molecular formula is C14H12FN3O2S2. The minimum atomic E-state index is -3.60. The molecule has 0 saturated heterocycles. The minimum absolute atomic E-state index is 0.230.